The minimum absolute atomic E-state index is 0.526. The van der Waals surface area contributed by atoms with Gasteiger partial charge in [0.2, 0.25) is 0 Å². The second-order valence-corrected chi connectivity index (χ2v) is 4.87. The third kappa shape index (κ3) is 2.12. The molecule has 0 radical (unpaired) electrons. The molecular weight excluding hydrogens is 252 g/mol. The van der Waals surface area contributed by atoms with E-state index in [0.29, 0.717) is 5.15 Å². The predicted molar refractivity (Wildman–Crippen MR) is 74.4 cm³/mol. The van der Waals surface area contributed by atoms with E-state index in [1.165, 1.54) is 22.1 Å². The lowest BCUT2D eigenvalue weighted by Gasteiger charge is -2.06. The molecule has 0 bridgehead atoms. The minimum atomic E-state index is 0.526. The second-order valence-electron chi connectivity index (χ2n) is 3.63. The van der Waals surface area contributed by atoms with Crippen molar-refractivity contribution in [3.8, 4) is 0 Å². The number of benzene rings is 2. The molecule has 84 valence electrons. The molecule has 1 heterocycles. The van der Waals surface area contributed by atoms with Gasteiger partial charge in [0.25, 0.3) is 0 Å². The van der Waals surface area contributed by atoms with Gasteiger partial charge < -0.3 is 5.32 Å². The molecular formula is C13H9ClN2S. The highest BCUT2D eigenvalue weighted by atomic mass is 35.5. The van der Waals surface area contributed by atoms with Gasteiger partial charge in [0.05, 0.1) is 0 Å². The van der Waals surface area contributed by atoms with Crippen LogP contribution in [-0.2, 0) is 0 Å². The highest BCUT2D eigenvalue weighted by molar-refractivity contribution is 7.14. The van der Waals surface area contributed by atoms with Gasteiger partial charge in [-0.15, -0.1) is 11.3 Å². The molecule has 0 aliphatic carbocycles. The van der Waals surface area contributed by atoms with Crippen molar-refractivity contribution >= 4 is 44.5 Å². The summed E-state index contributed by atoms with van der Waals surface area (Å²) in [5.41, 5.74) is 1.05. The van der Waals surface area contributed by atoms with Crippen LogP contribution in [0.1, 0.15) is 0 Å². The first-order chi connectivity index (χ1) is 8.33. The number of thiazole rings is 1. The Kier molecular flexibility index (Phi) is 2.71. The molecule has 0 amide bonds. The maximum atomic E-state index is 5.80. The summed E-state index contributed by atoms with van der Waals surface area (Å²) >= 11 is 7.30. The average Bonchev–Trinajstić information content (AvgIpc) is 2.75. The topological polar surface area (TPSA) is 24.9 Å². The Bertz CT molecular complexity index is 658. The van der Waals surface area contributed by atoms with Crippen LogP contribution in [0.2, 0.25) is 5.15 Å². The first-order valence-corrected chi connectivity index (χ1v) is 6.44. The summed E-state index contributed by atoms with van der Waals surface area (Å²) in [6.45, 7) is 0. The molecule has 2 nitrogen and oxygen atoms in total. The lowest BCUT2D eigenvalue weighted by molar-refractivity contribution is 1.40. The third-order valence-corrected chi connectivity index (χ3v) is 3.59. The molecule has 1 N–H and O–H groups in total. The number of fused-ring (bicyclic) bond motifs is 1. The molecule has 3 aromatic rings. The summed E-state index contributed by atoms with van der Waals surface area (Å²) in [6.07, 6.45) is 0. The van der Waals surface area contributed by atoms with E-state index < -0.39 is 0 Å². The molecule has 0 spiro atoms. The van der Waals surface area contributed by atoms with Crippen molar-refractivity contribution < 1.29 is 0 Å². The van der Waals surface area contributed by atoms with Crippen LogP contribution < -0.4 is 5.32 Å². The monoisotopic (exact) mass is 260 g/mol. The SMILES string of the molecule is Clc1csc(Nc2cccc3ccccc23)n1. The van der Waals surface area contributed by atoms with Crippen molar-refractivity contribution in [2.24, 2.45) is 0 Å². The number of halogens is 1. The molecule has 0 aliphatic heterocycles. The van der Waals surface area contributed by atoms with Gasteiger partial charge in [-0.25, -0.2) is 4.98 Å². The molecule has 0 fully saturated rings. The van der Waals surface area contributed by atoms with E-state index in [-0.39, 0.29) is 0 Å². The predicted octanol–water partition coefficient (Wildman–Crippen LogP) is 4.69. The molecule has 0 saturated carbocycles. The van der Waals surface area contributed by atoms with Crippen molar-refractivity contribution in [3.63, 3.8) is 0 Å². The zero-order valence-corrected chi connectivity index (χ0v) is 10.4. The fourth-order valence-corrected chi connectivity index (χ4v) is 2.61. The highest BCUT2D eigenvalue weighted by Crippen LogP contribution is 2.28. The smallest absolute Gasteiger partial charge is 0.188 e. The Morgan fingerprint density at radius 1 is 1.06 bits per heavy atom. The Balaban J connectivity index is 2.05. The zero-order valence-electron chi connectivity index (χ0n) is 8.85. The molecule has 4 heteroatoms. The summed E-state index contributed by atoms with van der Waals surface area (Å²) < 4.78 is 0. The Labute approximate surface area is 108 Å². The van der Waals surface area contributed by atoms with Gasteiger partial charge >= 0.3 is 0 Å². The van der Waals surface area contributed by atoms with E-state index in [4.69, 9.17) is 11.6 Å². The fourth-order valence-electron chi connectivity index (χ4n) is 1.76. The summed E-state index contributed by atoms with van der Waals surface area (Å²) in [4.78, 5) is 4.19. The summed E-state index contributed by atoms with van der Waals surface area (Å²) in [5.74, 6) is 0. The largest absolute Gasteiger partial charge is 0.331 e. The van der Waals surface area contributed by atoms with E-state index in [9.17, 15) is 0 Å². The number of rotatable bonds is 2. The van der Waals surface area contributed by atoms with Crippen LogP contribution in [0.5, 0.6) is 0 Å². The average molecular weight is 261 g/mol. The maximum absolute atomic E-state index is 5.80. The summed E-state index contributed by atoms with van der Waals surface area (Å²) in [7, 11) is 0. The van der Waals surface area contributed by atoms with Gasteiger partial charge in [0.15, 0.2) is 5.13 Å². The van der Waals surface area contributed by atoms with E-state index in [2.05, 4.69) is 28.5 Å². The number of hydrogen-bond donors (Lipinski definition) is 1. The molecule has 2 aromatic carbocycles. The standard InChI is InChI=1S/C13H9ClN2S/c14-12-8-17-13(16-12)15-11-7-3-5-9-4-1-2-6-10(9)11/h1-8H,(H,15,16). The van der Waals surface area contributed by atoms with E-state index in [1.807, 2.05) is 29.6 Å². The second kappa shape index (κ2) is 4.35. The Morgan fingerprint density at radius 2 is 1.88 bits per heavy atom. The van der Waals surface area contributed by atoms with Crippen molar-refractivity contribution in [1.29, 1.82) is 0 Å². The van der Waals surface area contributed by atoms with Gasteiger partial charge in [-0.05, 0) is 11.5 Å². The number of hydrogen-bond acceptors (Lipinski definition) is 3. The molecule has 3 rings (SSSR count). The van der Waals surface area contributed by atoms with Gasteiger partial charge in [-0.2, -0.15) is 0 Å². The number of aromatic nitrogens is 1. The molecule has 0 saturated heterocycles. The number of nitrogens with zero attached hydrogens (tertiary/aromatic N) is 1. The third-order valence-electron chi connectivity index (χ3n) is 2.51. The molecule has 17 heavy (non-hydrogen) atoms. The first-order valence-electron chi connectivity index (χ1n) is 5.19. The normalized spacial score (nSPS) is 10.6. The van der Waals surface area contributed by atoms with Gasteiger partial charge in [-0.1, -0.05) is 48.0 Å². The minimum Gasteiger partial charge on any atom is -0.331 e. The van der Waals surface area contributed by atoms with Crippen LogP contribution in [0, 0.1) is 0 Å². The summed E-state index contributed by atoms with van der Waals surface area (Å²) in [6, 6.07) is 14.4. The van der Waals surface area contributed by atoms with Crippen LogP contribution >= 0.6 is 22.9 Å². The van der Waals surface area contributed by atoms with Crippen molar-refractivity contribution in [2.75, 3.05) is 5.32 Å². The quantitative estimate of drug-likeness (QED) is 0.723. The maximum Gasteiger partial charge on any atom is 0.188 e. The van der Waals surface area contributed by atoms with Gasteiger partial charge in [0, 0.05) is 16.5 Å². The number of nitrogens with one attached hydrogen (secondary N) is 1. The van der Waals surface area contributed by atoms with Crippen molar-refractivity contribution in [1.82, 2.24) is 4.98 Å². The van der Waals surface area contributed by atoms with Crippen LogP contribution in [0.3, 0.4) is 0 Å². The zero-order chi connectivity index (χ0) is 11.7. The van der Waals surface area contributed by atoms with Crippen molar-refractivity contribution in [3.05, 3.63) is 53.0 Å². The lowest BCUT2D eigenvalue weighted by atomic mass is 10.1. The van der Waals surface area contributed by atoms with Crippen LogP contribution in [0.15, 0.2) is 47.8 Å². The Morgan fingerprint density at radius 3 is 2.71 bits per heavy atom. The van der Waals surface area contributed by atoms with Crippen molar-refractivity contribution in [2.45, 2.75) is 0 Å². The Hall–Kier alpha value is -1.58. The first kappa shape index (κ1) is 10.6. The van der Waals surface area contributed by atoms with Crippen LogP contribution in [-0.4, -0.2) is 4.98 Å². The van der Waals surface area contributed by atoms with E-state index >= 15 is 0 Å². The fraction of sp³-hybridized carbons (Fsp3) is 0. The molecule has 1 aromatic heterocycles. The van der Waals surface area contributed by atoms with Crippen LogP contribution in [0.25, 0.3) is 10.8 Å². The summed E-state index contributed by atoms with van der Waals surface area (Å²) in [5, 5.41) is 8.83. The molecule has 0 aliphatic rings. The number of anilines is 2. The highest BCUT2D eigenvalue weighted by Gasteiger charge is 2.03. The van der Waals surface area contributed by atoms with E-state index in [0.717, 1.165) is 10.8 Å². The van der Waals surface area contributed by atoms with E-state index in [1.54, 1.807) is 0 Å². The van der Waals surface area contributed by atoms with Gasteiger partial charge in [-0.3, -0.25) is 0 Å². The molecule has 0 atom stereocenters. The lowest BCUT2D eigenvalue weighted by Crippen LogP contribution is -1.90. The van der Waals surface area contributed by atoms with Gasteiger partial charge in [0.1, 0.15) is 5.15 Å². The molecule has 0 unspecified atom stereocenters. The van der Waals surface area contributed by atoms with Crippen LogP contribution in [0.4, 0.5) is 10.8 Å².